The molecule has 24 heavy (non-hydrogen) atoms. The highest BCUT2D eigenvalue weighted by Crippen LogP contribution is 2.33. The molecule has 1 aromatic carbocycles. The molecule has 0 radical (unpaired) electrons. The van der Waals surface area contributed by atoms with Crippen molar-refractivity contribution in [2.45, 2.75) is 34.1 Å². The molecule has 1 aromatic rings. The van der Waals surface area contributed by atoms with Crippen molar-refractivity contribution in [2.24, 2.45) is 16.1 Å². The molecule has 1 aliphatic carbocycles. The zero-order valence-electron chi connectivity index (χ0n) is 14.2. The first kappa shape index (κ1) is 18.9. The maximum atomic E-state index is 8.24. The summed E-state index contributed by atoms with van der Waals surface area (Å²) in [6.45, 7) is 7.94. The van der Waals surface area contributed by atoms with E-state index in [0.717, 1.165) is 43.2 Å². The second-order valence-electron chi connectivity index (χ2n) is 6.10. The highest BCUT2D eigenvalue weighted by molar-refractivity contribution is 9.11. The maximum Gasteiger partial charge on any atom is 0.174 e. The molecule has 1 unspecified atom stereocenters. The van der Waals surface area contributed by atoms with Crippen molar-refractivity contribution in [3.05, 3.63) is 55.0 Å². The molecule has 2 N–H and O–H groups in total. The SMILES string of the molecule is CC1=C(C(=N)N=NC(=N)c2c(C)cc(Br)cc2C)C(C)CC(Br)=C1. The first-order chi connectivity index (χ1) is 11.2. The van der Waals surface area contributed by atoms with Crippen molar-refractivity contribution in [2.75, 3.05) is 0 Å². The van der Waals surface area contributed by atoms with E-state index in [1.54, 1.807) is 0 Å². The van der Waals surface area contributed by atoms with Gasteiger partial charge < -0.3 is 0 Å². The lowest BCUT2D eigenvalue weighted by Gasteiger charge is -2.21. The topological polar surface area (TPSA) is 72.4 Å². The first-order valence-electron chi connectivity index (χ1n) is 7.64. The zero-order chi connectivity index (χ0) is 18.0. The number of hydrogen-bond donors (Lipinski definition) is 2. The average molecular weight is 452 g/mol. The fourth-order valence-electron chi connectivity index (χ4n) is 3.06. The number of nitrogens with zero attached hydrogens (tertiary/aromatic N) is 2. The van der Waals surface area contributed by atoms with Gasteiger partial charge in [0, 0.05) is 15.6 Å². The second kappa shape index (κ2) is 7.66. The molecule has 126 valence electrons. The normalized spacial score (nSPS) is 18.1. The number of amidine groups is 2. The Bertz CT molecular complexity index is 780. The molecule has 0 saturated carbocycles. The predicted molar refractivity (Wildman–Crippen MR) is 107 cm³/mol. The van der Waals surface area contributed by atoms with Crippen LogP contribution in [-0.2, 0) is 0 Å². The molecule has 0 fully saturated rings. The molecule has 0 heterocycles. The van der Waals surface area contributed by atoms with Crippen LogP contribution >= 0.6 is 31.9 Å². The van der Waals surface area contributed by atoms with Crippen LogP contribution in [0.4, 0.5) is 0 Å². The quantitative estimate of drug-likeness (QED) is 0.294. The van der Waals surface area contributed by atoms with Crippen molar-refractivity contribution in [3.8, 4) is 0 Å². The number of allylic oxidation sites excluding steroid dienone is 3. The van der Waals surface area contributed by atoms with Crippen LogP contribution in [0.15, 0.2) is 48.5 Å². The summed E-state index contributed by atoms with van der Waals surface area (Å²) in [6.07, 6.45) is 2.88. The molecular weight excluding hydrogens is 432 g/mol. The van der Waals surface area contributed by atoms with Crippen molar-refractivity contribution in [1.82, 2.24) is 0 Å². The monoisotopic (exact) mass is 450 g/mol. The summed E-state index contributed by atoms with van der Waals surface area (Å²) in [6, 6.07) is 3.91. The number of hydrogen-bond acceptors (Lipinski definition) is 2. The summed E-state index contributed by atoms with van der Waals surface area (Å²) < 4.78 is 2.11. The van der Waals surface area contributed by atoms with Crippen LogP contribution in [0.1, 0.15) is 37.0 Å². The number of rotatable bonds is 2. The van der Waals surface area contributed by atoms with Gasteiger partial charge in [-0.3, -0.25) is 10.8 Å². The standard InChI is InChI=1S/C18H20Br2N4/c1-9-5-13(19)6-10(2)15(9)17(21)23-24-18(22)16-11(3)7-14(20)8-12(16)4/h5-7,12,21-22H,8H2,1-4H3. The maximum absolute atomic E-state index is 8.24. The Kier molecular flexibility index (Phi) is 6.04. The van der Waals surface area contributed by atoms with Crippen LogP contribution in [0.25, 0.3) is 0 Å². The molecule has 0 saturated heterocycles. The van der Waals surface area contributed by atoms with Crippen LogP contribution in [0, 0.1) is 30.6 Å². The third kappa shape index (κ3) is 4.16. The van der Waals surface area contributed by atoms with Gasteiger partial charge in [-0.2, -0.15) is 0 Å². The van der Waals surface area contributed by atoms with Crippen molar-refractivity contribution < 1.29 is 0 Å². The lowest BCUT2D eigenvalue weighted by atomic mass is 9.88. The molecular formula is C18H20Br2N4. The molecule has 0 aliphatic heterocycles. The number of nitrogens with one attached hydrogen (secondary N) is 2. The molecule has 0 spiro atoms. The van der Waals surface area contributed by atoms with Crippen LogP contribution in [0.2, 0.25) is 0 Å². The minimum absolute atomic E-state index is 0.0840. The van der Waals surface area contributed by atoms with E-state index in [4.69, 9.17) is 10.8 Å². The van der Waals surface area contributed by atoms with Gasteiger partial charge >= 0.3 is 0 Å². The minimum Gasteiger partial charge on any atom is -0.281 e. The molecule has 0 bridgehead atoms. The molecule has 4 nitrogen and oxygen atoms in total. The molecule has 1 aliphatic rings. The van der Waals surface area contributed by atoms with Gasteiger partial charge in [0.15, 0.2) is 11.7 Å². The number of halogens is 2. The van der Waals surface area contributed by atoms with Crippen LogP contribution in [-0.4, -0.2) is 11.7 Å². The van der Waals surface area contributed by atoms with Gasteiger partial charge in [-0.1, -0.05) is 38.8 Å². The van der Waals surface area contributed by atoms with E-state index < -0.39 is 0 Å². The Morgan fingerprint density at radius 1 is 1.04 bits per heavy atom. The Labute approximate surface area is 159 Å². The smallest absolute Gasteiger partial charge is 0.174 e. The minimum atomic E-state index is 0.0840. The van der Waals surface area contributed by atoms with Crippen LogP contribution < -0.4 is 0 Å². The summed E-state index contributed by atoms with van der Waals surface area (Å²) >= 11 is 6.98. The summed E-state index contributed by atoms with van der Waals surface area (Å²) in [7, 11) is 0. The number of aryl methyl sites for hydroxylation is 2. The average Bonchev–Trinajstić information content (AvgIpc) is 2.42. The van der Waals surface area contributed by atoms with Gasteiger partial charge in [-0.25, -0.2) is 0 Å². The van der Waals surface area contributed by atoms with Gasteiger partial charge in [0.2, 0.25) is 0 Å². The van der Waals surface area contributed by atoms with Gasteiger partial charge in [0.05, 0.1) is 0 Å². The summed E-state index contributed by atoms with van der Waals surface area (Å²) in [4.78, 5) is 0. The predicted octanol–water partition coefficient (Wildman–Crippen LogP) is 6.46. The molecule has 6 heteroatoms. The van der Waals surface area contributed by atoms with Crippen LogP contribution in [0.5, 0.6) is 0 Å². The third-order valence-electron chi connectivity index (χ3n) is 4.03. The van der Waals surface area contributed by atoms with Crippen LogP contribution in [0.3, 0.4) is 0 Å². The highest BCUT2D eigenvalue weighted by Gasteiger charge is 2.21. The van der Waals surface area contributed by atoms with E-state index >= 15 is 0 Å². The molecule has 2 rings (SSSR count). The molecule has 0 aromatic heterocycles. The Morgan fingerprint density at radius 2 is 1.58 bits per heavy atom. The largest absolute Gasteiger partial charge is 0.281 e. The zero-order valence-corrected chi connectivity index (χ0v) is 17.3. The van der Waals surface area contributed by atoms with E-state index in [1.165, 1.54) is 0 Å². The third-order valence-corrected chi connectivity index (χ3v) is 5.04. The van der Waals surface area contributed by atoms with Gasteiger partial charge in [0.1, 0.15) is 0 Å². The van der Waals surface area contributed by atoms with E-state index in [1.807, 2.05) is 39.0 Å². The summed E-state index contributed by atoms with van der Waals surface area (Å²) in [5.41, 5.74) is 4.60. The fourth-order valence-corrected chi connectivity index (χ4v) is 4.58. The van der Waals surface area contributed by atoms with Crippen molar-refractivity contribution in [1.29, 1.82) is 10.8 Å². The second-order valence-corrected chi connectivity index (χ2v) is 8.04. The number of benzene rings is 1. The van der Waals surface area contributed by atoms with Gasteiger partial charge in [-0.15, -0.1) is 10.2 Å². The summed E-state index contributed by atoms with van der Waals surface area (Å²) in [5.74, 6) is 0.426. The van der Waals surface area contributed by atoms with E-state index in [2.05, 4.69) is 49.0 Å². The van der Waals surface area contributed by atoms with E-state index in [0.29, 0.717) is 0 Å². The van der Waals surface area contributed by atoms with E-state index in [-0.39, 0.29) is 17.6 Å². The first-order valence-corrected chi connectivity index (χ1v) is 9.22. The highest BCUT2D eigenvalue weighted by atomic mass is 79.9. The Balaban J connectivity index is 2.27. The number of azo groups is 1. The van der Waals surface area contributed by atoms with Gasteiger partial charge in [0.25, 0.3) is 0 Å². The Hall–Kier alpha value is -1.40. The van der Waals surface area contributed by atoms with Gasteiger partial charge in [-0.05, 0) is 72.5 Å². The molecule has 1 atom stereocenters. The lowest BCUT2D eigenvalue weighted by molar-refractivity contribution is 0.697. The fraction of sp³-hybridized carbons (Fsp3) is 0.333. The van der Waals surface area contributed by atoms with Crippen molar-refractivity contribution in [3.63, 3.8) is 0 Å². The van der Waals surface area contributed by atoms with E-state index in [9.17, 15) is 0 Å². The lowest BCUT2D eigenvalue weighted by Crippen LogP contribution is -2.13. The summed E-state index contributed by atoms with van der Waals surface area (Å²) in [5, 5.41) is 24.5. The Morgan fingerprint density at radius 3 is 2.12 bits per heavy atom. The molecule has 0 amide bonds. The van der Waals surface area contributed by atoms with Crippen molar-refractivity contribution >= 4 is 43.5 Å².